The monoisotopic (exact) mass is 613 g/mol. The lowest BCUT2D eigenvalue weighted by Gasteiger charge is -2.15. The smallest absolute Gasteiger partial charge is 0.182 e. The van der Waals surface area contributed by atoms with E-state index in [0.29, 0.717) is 28.9 Å². The van der Waals surface area contributed by atoms with Gasteiger partial charge < -0.3 is 0 Å². The van der Waals surface area contributed by atoms with Gasteiger partial charge in [0.2, 0.25) is 0 Å². The summed E-state index contributed by atoms with van der Waals surface area (Å²) in [4.78, 5) is 23.7. The van der Waals surface area contributed by atoms with Crippen LogP contribution in [0.3, 0.4) is 0 Å². The van der Waals surface area contributed by atoms with E-state index in [2.05, 4.69) is 119 Å². The Labute approximate surface area is 277 Å². The van der Waals surface area contributed by atoms with E-state index in [1.807, 2.05) is 42.5 Å². The number of benzene rings is 6. The number of nitrogens with zero attached hydrogens (tertiary/aromatic N) is 5. The van der Waals surface area contributed by atoms with Crippen molar-refractivity contribution in [1.82, 2.24) is 24.9 Å². The van der Waals surface area contributed by atoms with Gasteiger partial charge in [-0.2, -0.15) is 0 Å². The average molecular weight is 614 g/mol. The van der Waals surface area contributed by atoms with E-state index < -0.39 is 0 Å². The lowest BCUT2D eigenvalue weighted by atomic mass is 9.89. The van der Waals surface area contributed by atoms with Gasteiger partial charge >= 0.3 is 0 Å². The maximum Gasteiger partial charge on any atom is 0.182 e. The predicted molar refractivity (Wildman–Crippen MR) is 195 cm³/mol. The van der Waals surface area contributed by atoms with Gasteiger partial charge in [0.25, 0.3) is 0 Å². The molecule has 224 valence electrons. The molecule has 0 bridgehead atoms. The molecule has 9 rings (SSSR count). The van der Waals surface area contributed by atoms with E-state index >= 15 is 0 Å². The van der Waals surface area contributed by atoms with Crippen LogP contribution < -0.4 is 0 Å². The maximum atomic E-state index is 4.93. The molecule has 0 radical (unpaired) electrons. The van der Waals surface area contributed by atoms with Crippen molar-refractivity contribution >= 4 is 32.3 Å². The summed E-state index contributed by atoms with van der Waals surface area (Å²) in [5, 5.41) is 7.54. The van der Waals surface area contributed by atoms with Crippen molar-refractivity contribution in [2.45, 2.75) is 0 Å². The maximum absolute atomic E-state index is 4.93. The van der Waals surface area contributed by atoms with Gasteiger partial charge in [0, 0.05) is 18.0 Å². The second-order valence-corrected chi connectivity index (χ2v) is 11.7. The van der Waals surface area contributed by atoms with Crippen molar-refractivity contribution in [2.75, 3.05) is 0 Å². The molecule has 6 aromatic carbocycles. The van der Waals surface area contributed by atoms with E-state index in [9.17, 15) is 0 Å². The molecular weight excluding hydrogens is 587 g/mol. The molecule has 0 fully saturated rings. The summed E-state index contributed by atoms with van der Waals surface area (Å²) in [5.41, 5.74) is 6.72. The summed E-state index contributed by atoms with van der Waals surface area (Å²) < 4.78 is 0. The van der Waals surface area contributed by atoms with Gasteiger partial charge in [0.1, 0.15) is 11.4 Å². The molecule has 3 heterocycles. The van der Waals surface area contributed by atoms with Crippen LogP contribution in [0.1, 0.15) is 0 Å². The highest BCUT2D eigenvalue weighted by molar-refractivity contribution is 6.25. The number of rotatable bonds is 5. The first kappa shape index (κ1) is 27.7. The van der Waals surface area contributed by atoms with E-state index in [1.165, 1.54) is 32.3 Å². The lowest BCUT2D eigenvalue weighted by molar-refractivity contribution is 1.05. The zero-order valence-electron chi connectivity index (χ0n) is 25.8. The minimum Gasteiger partial charge on any atom is -0.253 e. The minimum atomic E-state index is 0.500. The van der Waals surface area contributed by atoms with Crippen LogP contribution >= 0.6 is 0 Å². The standard InChI is InChI=1S/C43H27N5/c1-2-12-28(13-3-1)37-27-30(41-46-42(39-18-8-10-24-44-39)48-43(47-41)40-19-9-11-25-45-40)21-22-31(37)29-20-23-36-34-16-5-4-14-32(34)33-15-6-7-17-35(33)38(36)26-29/h1-27H. The molecule has 0 unspecified atom stereocenters. The van der Waals surface area contributed by atoms with Crippen LogP contribution in [-0.2, 0) is 0 Å². The highest BCUT2D eigenvalue weighted by Gasteiger charge is 2.17. The topological polar surface area (TPSA) is 64.5 Å². The number of aromatic nitrogens is 5. The van der Waals surface area contributed by atoms with Crippen molar-refractivity contribution in [3.63, 3.8) is 0 Å². The van der Waals surface area contributed by atoms with Crippen molar-refractivity contribution in [3.05, 3.63) is 164 Å². The summed E-state index contributed by atoms with van der Waals surface area (Å²) in [6.07, 6.45) is 3.49. The molecule has 5 heteroatoms. The van der Waals surface area contributed by atoms with Crippen LogP contribution in [0.15, 0.2) is 164 Å². The molecule has 0 atom stereocenters. The van der Waals surface area contributed by atoms with Gasteiger partial charge in [0.05, 0.1) is 0 Å². The minimum absolute atomic E-state index is 0.500. The van der Waals surface area contributed by atoms with Gasteiger partial charge in [-0.1, -0.05) is 115 Å². The fraction of sp³-hybridized carbons (Fsp3) is 0. The Morgan fingerprint density at radius 3 is 1.38 bits per heavy atom. The first-order valence-corrected chi connectivity index (χ1v) is 15.9. The molecule has 5 nitrogen and oxygen atoms in total. The molecule has 0 aliphatic rings. The summed E-state index contributed by atoms with van der Waals surface area (Å²) in [7, 11) is 0. The molecule has 0 N–H and O–H groups in total. The molecule has 48 heavy (non-hydrogen) atoms. The Morgan fingerprint density at radius 2 is 0.792 bits per heavy atom. The van der Waals surface area contributed by atoms with Gasteiger partial charge in [0.15, 0.2) is 17.5 Å². The largest absolute Gasteiger partial charge is 0.253 e. The van der Waals surface area contributed by atoms with Crippen LogP contribution in [0.4, 0.5) is 0 Å². The third-order valence-electron chi connectivity index (χ3n) is 8.84. The predicted octanol–water partition coefficient (Wildman–Crippen LogP) is 10.5. The van der Waals surface area contributed by atoms with Gasteiger partial charge in [-0.15, -0.1) is 0 Å². The highest BCUT2D eigenvalue weighted by atomic mass is 15.1. The van der Waals surface area contributed by atoms with E-state index in [0.717, 1.165) is 27.8 Å². The second-order valence-electron chi connectivity index (χ2n) is 11.7. The molecule has 0 aliphatic heterocycles. The van der Waals surface area contributed by atoms with E-state index in [4.69, 9.17) is 15.0 Å². The Morgan fingerprint density at radius 1 is 0.292 bits per heavy atom. The van der Waals surface area contributed by atoms with Crippen molar-refractivity contribution in [3.8, 4) is 56.7 Å². The Kier molecular flexibility index (Phi) is 6.72. The summed E-state index contributed by atoms with van der Waals surface area (Å²) >= 11 is 0. The van der Waals surface area contributed by atoms with Crippen LogP contribution in [0, 0.1) is 0 Å². The molecule has 0 aliphatic carbocycles. The van der Waals surface area contributed by atoms with Crippen LogP contribution in [0.25, 0.3) is 89.0 Å². The fourth-order valence-electron chi connectivity index (χ4n) is 6.59. The Hall–Kier alpha value is -6.59. The zero-order valence-corrected chi connectivity index (χ0v) is 25.8. The number of fused-ring (bicyclic) bond motifs is 6. The zero-order chi connectivity index (χ0) is 31.9. The molecule has 3 aromatic heterocycles. The van der Waals surface area contributed by atoms with Gasteiger partial charge in [-0.05, 0) is 91.0 Å². The third kappa shape index (κ3) is 4.86. The van der Waals surface area contributed by atoms with Crippen LogP contribution in [0.2, 0.25) is 0 Å². The van der Waals surface area contributed by atoms with Gasteiger partial charge in [-0.3, -0.25) is 9.97 Å². The number of hydrogen-bond donors (Lipinski definition) is 0. The fourth-order valence-corrected chi connectivity index (χ4v) is 6.59. The normalized spacial score (nSPS) is 11.3. The first-order valence-electron chi connectivity index (χ1n) is 15.9. The molecule has 0 spiro atoms. The van der Waals surface area contributed by atoms with E-state index in [1.54, 1.807) is 12.4 Å². The molecule has 0 saturated carbocycles. The molecule has 0 amide bonds. The third-order valence-corrected chi connectivity index (χ3v) is 8.84. The van der Waals surface area contributed by atoms with Crippen LogP contribution in [0.5, 0.6) is 0 Å². The van der Waals surface area contributed by atoms with Crippen LogP contribution in [-0.4, -0.2) is 24.9 Å². The summed E-state index contributed by atoms with van der Waals surface area (Å²) in [5.74, 6) is 1.56. The van der Waals surface area contributed by atoms with Crippen molar-refractivity contribution in [1.29, 1.82) is 0 Å². The first-order chi connectivity index (χ1) is 23.8. The van der Waals surface area contributed by atoms with E-state index in [-0.39, 0.29) is 0 Å². The van der Waals surface area contributed by atoms with Crippen molar-refractivity contribution < 1.29 is 0 Å². The Bertz CT molecular complexity index is 2510. The quantitative estimate of drug-likeness (QED) is 0.181. The number of hydrogen-bond acceptors (Lipinski definition) is 5. The molecule has 0 saturated heterocycles. The Balaban J connectivity index is 1.26. The van der Waals surface area contributed by atoms with Gasteiger partial charge in [-0.25, -0.2) is 15.0 Å². The highest BCUT2D eigenvalue weighted by Crippen LogP contribution is 2.40. The molecular formula is C43H27N5. The average Bonchev–Trinajstić information content (AvgIpc) is 3.18. The molecule has 9 aromatic rings. The summed E-state index contributed by atoms with van der Waals surface area (Å²) in [6, 6.07) is 52.7. The SMILES string of the molecule is c1ccc(-c2cc(-c3nc(-c4ccccn4)nc(-c4ccccn4)n3)ccc2-c2ccc3c4ccccc4c4ccccc4c3c2)cc1. The second kappa shape index (κ2) is 11.6. The summed E-state index contributed by atoms with van der Waals surface area (Å²) in [6.45, 7) is 0. The number of pyridine rings is 2. The lowest BCUT2D eigenvalue weighted by Crippen LogP contribution is -2.02. The van der Waals surface area contributed by atoms with Crippen molar-refractivity contribution in [2.24, 2.45) is 0 Å².